The first-order valence-electron chi connectivity index (χ1n) is 5.14. The van der Waals surface area contributed by atoms with Crippen LogP contribution in [0.15, 0.2) is 6.20 Å². The summed E-state index contributed by atoms with van der Waals surface area (Å²) in [6.07, 6.45) is 4.37. The molecule has 0 unspecified atom stereocenters. The Morgan fingerprint density at radius 2 is 2.36 bits per heavy atom. The van der Waals surface area contributed by atoms with Crippen molar-refractivity contribution in [2.45, 2.75) is 25.4 Å². The Hall–Kier alpha value is -0.940. The fourth-order valence-electron chi connectivity index (χ4n) is 1.75. The van der Waals surface area contributed by atoms with E-state index >= 15 is 0 Å². The first kappa shape index (κ1) is 9.61. The third-order valence-corrected chi connectivity index (χ3v) is 2.56. The molecule has 0 aliphatic carbocycles. The van der Waals surface area contributed by atoms with Crippen molar-refractivity contribution in [3.8, 4) is 0 Å². The van der Waals surface area contributed by atoms with Gasteiger partial charge < -0.3 is 10.6 Å². The van der Waals surface area contributed by atoms with Crippen molar-refractivity contribution in [1.82, 2.24) is 25.6 Å². The van der Waals surface area contributed by atoms with Crippen molar-refractivity contribution in [2.75, 3.05) is 13.1 Å². The third kappa shape index (κ3) is 2.52. The second-order valence-electron chi connectivity index (χ2n) is 3.79. The van der Waals surface area contributed by atoms with E-state index in [-0.39, 0.29) is 0 Å². The molecule has 1 aromatic rings. The molecule has 0 amide bonds. The van der Waals surface area contributed by atoms with E-state index in [0.717, 1.165) is 25.3 Å². The van der Waals surface area contributed by atoms with Crippen molar-refractivity contribution in [3.05, 3.63) is 11.9 Å². The highest BCUT2D eigenvalue weighted by atomic mass is 15.4. The maximum Gasteiger partial charge on any atom is 0.0964 e. The highest BCUT2D eigenvalue weighted by Gasteiger charge is 2.12. The molecule has 1 fully saturated rings. The second kappa shape index (κ2) is 4.52. The zero-order valence-corrected chi connectivity index (χ0v) is 8.53. The molecule has 14 heavy (non-hydrogen) atoms. The van der Waals surface area contributed by atoms with E-state index < -0.39 is 0 Å². The largest absolute Gasteiger partial charge is 0.317 e. The lowest BCUT2D eigenvalue weighted by molar-refractivity contribution is 0.385. The predicted octanol–water partition coefficient (Wildman–Crippen LogP) is -0.343. The van der Waals surface area contributed by atoms with Gasteiger partial charge in [0.05, 0.1) is 5.69 Å². The normalized spacial score (nSPS) is 18.6. The molecule has 0 bridgehead atoms. The minimum Gasteiger partial charge on any atom is -0.317 e. The van der Waals surface area contributed by atoms with Crippen LogP contribution in [0.25, 0.3) is 0 Å². The SMILES string of the molecule is Cn1cc(CNC2CCNCC2)nn1. The van der Waals surface area contributed by atoms with Crippen LogP contribution in [0.5, 0.6) is 0 Å². The van der Waals surface area contributed by atoms with Gasteiger partial charge in [-0.15, -0.1) is 5.10 Å². The third-order valence-electron chi connectivity index (χ3n) is 2.56. The van der Waals surface area contributed by atoms with Crippen molar-refractivity contribution < 1.29 is 0 Å². The summed E-state index contributed by atoms with van der Waals surface area (Å²) in [6, 6.07) is 0.637. The monoisotopic (exact) mass is 195 g/mol. The average molecular weight is 195 g/mol. The lowest BCUT2D eigenvalue weighted by Gasteiger charge is -2.23. The molecule has 2 rings (SSSR count). The van der Waals surface area contributed by atoms with Gasteiger partial charge in [0.15, 0.2) is 0 Å². The highest BCUT2D eigenvalue weighted by molar-refractivity contribution is 4.92. The summed E-state index contributed by atoms with van der Waals surface area (Å²) in [5.74, 6) is 0. The van der Waals surface area contributed by atoms with Gasteiger partial charge in [0.2, 0.25) is 0 Å². The van der Waals surface area contributed by atoms with Gasteiger partial charge in [-0.2, -0.15) is 0 Å². The summed E-state index contributed by atoms with van der Waals surface area (Å²) in [6.45, 7) is 3.08. The van der Waals surface area contributed by atoms with Crippen molar-refractivity contribution in [3.63, 3.8) is 0 Å². The van der Waals surface area contributed by atoms with Crippen LogP contribution in [0, 0.1) is 0 Å². The molecule has 1 aliphatic heterocycles. The molecule has 1 saturated heterocycles. The molecule has 1 aromatic heterocycles. The van der Waals surface area contributed by atoms with Gasteiger partial charge in [-0.1, -0.05) is 5.21 Å². The molecule has 1 aliphatic rings. The molecule has 0 radical (unpaired) electrons. The smallest absolute Gasteiger partial charge is 0.0964 e. The maximum atomic E-state index is 4.04. The molecule has 0 saturated carbocycles. The lowest BCUT2D eigenvalue weighted by Crippen LogP contribution is -2.39. The highest BCUT2D eigenvalue weighted by Crippen LogP contribution is 2.02. The second-order valence-corrected chi connectivity index (χ2v) is 3.79. The maximum absolute atomic E-state index is 4.04. The lowest BCUT2D eigenvalue weighted by atomic mass is 10.1. The molecule has 5 nitrogen and oxygen atoms in total. The van der Waals surface area contributed by atoms with Gasteiger partial charge in [0.1, 0.15) is 0 Å². The van der Waals surface area contributed by atoms with Gasteiger partial charge in [-0.05, 0) is 25.9 Å². The number of rotatable bonds is 3. The summed E-state index contributed by atoms with van der Waals surface area (Å²) >= 11 is 0. The number of aromatic nitrogens is 3. The number of hydrogen-bond donors (Lipinski definition) is 2. The molecule has 0 aromatic carbocycles. The zero-order valence-electron chi connectivity index (χ0n) is 8.53. The van der Waals surface area contributed by atoms with E-state index in [0.29, 0.717) is 6.04 Å². The first-order valence-corrected chi connectivity index (χ1v) is 5.14. The van der Waals surface area contributed by atoms with E-state index in [9.17, 15) is 0 Å². The molecule has 2 heterocycles. The van der Waals surface area contributed by atoms with Gasteiger partial charge in [-0.3, -0.25) is 4.68 Å². The number of nitrogens with one attached hydrogen (secondary N) is 2. The Morgan fingerprint density at radius 1 is 1.57 bits per heavy atom. The van der Waals surface area contributed by atoms with E-state index in [4.69, 9.17) is 0 Å². The van der Waals surface area contributed by atoms with Gasteiger partial charge in [-0.25, -0.2) is 0 Å². The van der Waals surface area contributed by atoms with Gasteiger partial charge in [0.25, 0.3) is 0 Å². The molecule has 2 N–H and O–H groups in total. The minimum atomic E-state index is 0.637. The Labute approximate surface area is 83.9 Å². The van der Waals surface area contributed by atoms with Crippen molar-refractivity contribution in [1.29, 1.82) is 0 Å². The van der Waals surface area contributed by atoms with Gasteiger partial charge >= 0.3 is 0 Å². The van der Waals surface area contributed by atoms with Gasteiger partial charge in [0, 0.05) is 25.8 Å². The molecule has 0 atom stereocenters. The van der Waals surface area contributed by atoms with Crippen LogP contribution >= 0.6 is 0 Å². The van der Waals surface area contributed by atoms with Crippen LogP contribution in [0.3, 0.4) is 0 Å². The summed E-state index contributed by atoms with van der Waals surface area (Å²) in [5.41, 5.74) is 1.02. The summed E-state index contributed by atoms with van der Waals surface area (Å²) in [4.78, 5) is 0. The summed E-state index contributed by atoms with van der Waals surface area (Å²) in [7, 11) is 1.89. The van der Waals surface area contributed by atoms with Crippen LogP contribution in [0.1, 0.15) is 18.5 Å². The molecule has 0 spiro atoms. The molecular weight excluding hydrogens is 178 g/mol. The van der Waals surface area contributed by atoms with E-state index in [2.05, 4.69) is 20.9 Å². The Balaban J connectivity index is 1.76. The summed E-state index contributed by atoms with van der Waals surface area (Å²) < 4.78 is 1.74. The Morgan fingerprint density at radius 3 is 3.00 bits per heavy atom. The van der Waals surface area contributed by atoms with E-state index in [1.807, 2.05) is 13.2 Å². The van der Waals surface area contributed by atoms with Crippen LogP contribution in [-0.4, -0.2) is 34.1 Å². The van der Waals surface area contributed by atoms with E-state index in [1.54, 1.807) is 4.68 Å². The van der Waals surface area contributed by atoms with Crippen LogP contribution < -0.4 is 10.6 Å². The molecule has 5 heteroatoms. The van der Waals surface area contributed by atoms with Crippen molar-refractivity contribution in [2.24, 2.45) is 7.05 Å². The fraction of sp³-hybridized carbons (Fsp3) is 0.778. The minimum absolute atomic E-state index is 0.637. The van der Waals surface area contributed by atoms with Crippen LogP contribution in [0.4, 0.5) is 0 Å². The topological polar surface area (TPSA) is 54.8 Å². The van der Waals surface area contributed by atoms with Crippen LogP contribution in [0.2, 0.25) is 0 Å². The van der Waals surface area contributed by atoms with Crippen LogP contribution in [-0.2, 0) is 13.6 Å². The Bertz CT molecular complexity index is 276. The van der Waals surface area contributed by atoms with E-state index in [1.165, 1.54) is 12.8 Å². The predicted molar refractivity (Wildman–Crippen MR) is 53.7 cm³/mol. The standard InChI is InChI=1S/C9H17N5/c1-14-7-9(12-13-14)6-11-8-2-4-10-5-3-8/h7-8,10-11H,2-6H2,1H3. The summed E-state index contributed by atoms with van der Waals surface area (Å²) in [5, 5.41) is 14.8. The Kier molecular flexibility index (Phi) is 3.10. The number of hydrogen-bond acceptors (Lipinski definition) is 4. The first-order chi connectivity index (χ1) is 6.84. The average Bonchev–Trinajstić information content (AvgIpc) is 2.63. The number of aryl methyl sites for hydroxylation is 1. The zero-order chi connectivity index (χ0) is 9.80. The molecule has 78 valence electrons. The number of nitrogens with zero attached hydrogens (tertiary/aromatic N) is 3. The fourth-order valence-corrected chi connectivity index (χ4v) is 1.75. The number of piperidine rings is 1. The quantitative estimate of drug-likeness (QED) is 0.692. The van der Waals surface area contributed by atoms with Crippen molar-refractivity contribution >= 4 is 0 Å². The molecular formula is C9H17N5.